The molecule has 0 unspecified atom stereocenters. The largest absolute Gasteiger partial charge is 0.454 e. The van der Waals surface area contributed by atoms with Crippen LogP contribution in [0.25, 0.3) is 0 Å². The highest BCUT2D eigenvalue weighted by molar-refractivity contribution is 5.82. The summed E-state index contributed by atoms with van der Waals surface area (Å²) in [6, 6.07) is 0. The van der Waals surface area contributed by atoms with Gasteiger partial charge in [0.25, 0.3) is 0 Å². The van der Waals surface area contributed by atoms with E-state index in [1.165, 1.54) is 6.08 Å². The zero-order chi connectivity index (χ0) is 13.5. The van der Waals surface area contributed by atoms with Gasteiger partial charge in [0, 0.05) is 6.08 Å². The first-order valence-electron chi connectivity index (χ1n) is 5.94. The molecule has 18 heavy (non-hydrogen) atoms. The minimum Gasteiger partial charge on any atom is -0.454 e. The molecule has 1 rings (SSSR count). The van der Waals surface area contributed by atoms with E-state index in [0.717, 1.165) is 5.57 Å². The fourth-order valence-electron chi connectivity index (χ4n) is 1.55. The molecular weight excluding hydrogens is 232 g/mol. The number of carbonyl (C=O) groups is 1. The maximum absolute atomic E-state index is 11.6. The van der Waals surface area contributed by atoms with Crippen LogP contribution in [0.1, 0.15) is 20.8 Å². The third-order valence-electron chi connectivity index (χ3n) is 2.32. The Morgan fingerprint density at radius 1 is 1.44 bits per heavy atom. The molecule has 1 heterocycles. The summed E-state index contributed by atoms with van der Waals surface area (Å²) in [6.45, 7) is 9.42. The van der Waals surface area contributed by atoms with E-state index >= 15 is 0 Å². The molecule has 0 bridgehead atoms. The van der Waals surface area contributed by atoms with Gasteiger partial charge >= 0.3 is 5.97 Å². The standard InChI is InChI=1S/C14H20O4/c1-5-6-7-12-13(9-16-11(4)17-12)18-14(15)8-10(2)3/h5-8,11-13H,1,9H2,2-4H3/b7-6+/t11-,12+,13-/m1/s1. The van der Waals surface area contributed by atoms with Gasteiger partial charge in [0.1, 0.15) is 6.10 Å². The van der Waals surface area contributed by atoms with E-state index in [1.54, 1.807) is 12.2 Å². The average Bonchev–Trinajstić information content (AvgIpc) is 2.28. The van der Waals surface area contributed by atoms with Crippen LogP contribution in [-0.4, -0.2) is 31.1 Å². The molecule has 0 aromatic carbocycles. The predicted molar refractivity (Wildman–Crippen MR) is 68.9 cm³/mol. The highest BCUT2D eigenvalue weighted by Crippen LogP contribution is 2.17. The Hall–Kier alpha value is -1.39. The van der Waals surface area contributed by atoms with Gasteiger partial charge in [0.05, 0.1) is 6.61 Å². The zero-order valence-corrected chi connectivity index (χ0v) is 11.1. The molecule has 1 saturated heterocycles. The SMILES string of the molecule is C=C/C=C/[C@@H]1O[C@H](C)OC[C@H]1OC(=O)C=C(C)C. The summed E-state index contributed by atoms with van der Waals surface area (Å²) in [7, 11) is 0. The summed E-state index contributed by atoms with van der Waals surface area (Å²) >= 11 is 0. The van der Waals surface area contributed by atoms with Crippen molar-refractivity contribution in [2.45, 2.75) is 39.3 Å². The summed E-state index contributed by atoms with van der Waals surface area (Å²) in [6.07, 6.45) is 5.64. The van der Waals surface area contributed by atoms with Crippen molar-refractivity contribution in [2.24, 2.45) is 0 Å². The van der Waals surface area contributed by atoms with E-state index in [1.807, 2.05) is 26.8 Å². The van der Waals surface area contributed by atoms with Crippen molar-refractivity contribution < 1.29 is 19.0 Å². The van der Waals surface area contributed by atoms with E-state index in [4.69, 9.17) is 14.2 Å². The topological polar surface area (TPSA) is 44.8 Å². The minimum absolute atomic E-state index is 0.303. The molecule has 0 aromatic rings. The maximum atomic E-state index is 11.6. The van der Waals surface area contributed by atoms with E-state index < -0.39 is 6.10 Å². The Labute approximate surface area is 108 Å². The minimum atomic E-state index is -0.430. The van der Waals surface area contributed by atoms with Crippen molar-refractivity contribution in [3.8, 4) is 0 Å². The summed E-state index contributed by atoms with van der Waals surface area (Å²) < 4.78 is 16.2. The molecule has 4 heteroatoms. The monoisotopic (exact) mass is 252 g/mol. The van der Waals surface area contributed by atoms with Gasteiger partial charge in [-0.25, -0.2) is 4.79 Å². The molecule has 0 spiro atoms. The third-order valence-corrected chi connectivity index (χ3v) is 2.32. The van der Waals surface area contributed by atoms with Crippen LogP contribution in [0, 0.1) is 0 Å². The van der Waals surface area contributed by atoms with Crippen molar-refractivity contribution >= 4 is 5.97 Å². The fraction of sp³-hybridized carbons (Fsp3) is 0.500. The van der Waals surface area contributed by atoms with Crippen LogP contribution in [0.15, 0.2) is 36.5 Å². The number of esters is 1. The van der Waals surface area contributed by atoms with E-state index in [9.17, 15) is 4.79 Å². The first-order valence-corrected chi connectivity index (χ1v) is 5.94. The molecule has 1 aliphatic rings. The lowest BCUT2D eigenvalue weighted by Crippen LogP contribution is -2.44. The molecule has 0 aromatic heterocycles. The highest BCUT2D eigenvalue weighted by Gasteiger charge is 2.30. The van der Waals surface area contributed by atoms with E-state index in [2.05, 4.69) is 6.58 Å². The molecule has 0 radical (unpaired) electrons. The maximum Gasteiger partial charge on any atom is 0.331 e. The van der Waals surface area contributed by atoms with Crippen LogP contribution in [0.2, 0.25) is 0 Å². The molecule has 1 aliphatic heterocycles. The molecule has 4 nitrogen and oxygen atoms in total. The van der Waals surface area contributed by atoms with Crippen LogP contribution >= 0.6 is 0 Å². The summed E-state index contributed by atoms with van der Waals surface area (Å²) in [4.78, 5) is 11.6. The summed E-state index contributed by atoms with van der Waals surface area (Å²) in [5, 5.41) is 0. The van der Waals surface area contributed by atoms with E-state index in [0.29, 0.717) is 6.61 Å². The van der Waals surface area contributed by atoms with Gasteiger partial charge < -0.3 is 14.2 Å². The number of ether oxygens (including phenoxy) is 3. The smallest absolute Gasteiger partial charge is 0.331 e. The van der Waals surface area contributed by atoms with Gasteiger partial charge in [-0.05, 0) is 20.8 Å². The first kappa shape index (κ1) is 14.7. The third kappa shape index (κ3) is 4.85. The summed E-state index contributed by atoms with van der Waals surface area (Å²) in [5.74, 6) is -0.376. The van der Waals surface area contributed by atoms with Crippen LogP contribution in [0.5, 0.6) is 0 Å². The molecule has 0 saturated carbocycles. The second kappa shape index (κ2) is 7.13. The highest BCUT2D eigenvalue weighted by atomic mass is 16.7. The van der Waals surface area contributed by atoms with Crippen LogP contribution in [0.3, 0.4) is 0 Å². The predicted octanol–water partition coefficient (Wildman–Crippen LogP) is 2.37. The van der Waals surface area contributed by atoms with Crippen molar-refractivity contribution in [3.05, 3.63) is 36.5 Å². The Morgan fingerprint density at radius 2 is 2.17 bits per heavy atom. The zero-order valence-electron chi connectivity index (χ0n) is 11.1. The molecule has 0 N–H and O–H groups in total. The second-order valence-corrected chi connectivity index (χ2v) is 4.32. The lowest BCUT2D eigenvalue weighted by Gasteiger charge is -2.32. The van der Waals surface area contributed by atoms with E-state index in [-0.39, 0.29) is 18.4 Å². The van der Waals surface area contributed by atoms with Gasteiger partial charge in [-0.15, -0.1) is 0 Å². The first-order chi connectivity index (χ1) is 8.52. The molecule has 1 fully saturated rings. The Morgan fingerprint density at radius 3 is 2.78 bits per heavy atom. The molecule has 3 atom stereocenters. The quantitative estimate of drug-likeness (QED) is 0.438. The Kier molecular flexibility index (Phi) is 5.82. The van der Waals surface area contributed by atoms with Crippen molar-refractivity contribution in [2.75, 3.05) is 6.61 Å². The number of hydrogen-bond donors (Lipinski definition) is 0. The van der Waals surface area contributed by atoms with Crippen molar-refractivity contribution in [1.82, 2.24) is 0 Å². The lowest BCUT2D eigenvalue weighted by atomic mass is 10.1. The fourth-order valence-corrected chi connectivity index (χ4v) is 1.55. The lowest BCUT2D eigenvalue weighted by molar-refractivity contribution is -0.237. The number of hydrogen-bond acceptors (Lipinski definition) is 4. The van der Waals surface area contributed by atoms with Gasteiger partial charge in [-0.2, -0.15) is 0 Å². The number of rotatable bonds is 4. The van der Waals surface area contributed by atoms with Gasteiger partial charge in [0.15, 0.2) is 12.4 Å². The Bertz CT molecular complexity index is 353. The molecule has 0 aliphatic carbocycles. The number of carbonyl (C=O) groups excluding carboxylic acids is 1. The van der Waals surface area contributed by atoms with Crippen LogP contribution in [0.4, 0.5) is 0 Å². The average molecular weight is 252 g/mol. The van der Waals surface area contributed by atoms with Gasteiger partial charge in [-0.1, -0.05) is 30.4 Å². The van der Waals surface area contributed by atoms with Crippen LogP contribution < -0.4 is 0 Å². The van der Waals surface area contributed by atoms with Gasteiger partial charge in [0.2, 0.25) is 0 Å². The summed E-state index contributed by atoms with van der Waals surface area (Å²) in [5.41, 5.74) is 0.893. The normalized spacial score (nSPS) is 27.8. The second-order valence-electron chi connectivity index (χ2n) is 4.32. The molecular formula is C14H20O4. The molecule has 0 amide bonds. The molecule has 100 valence electrons. The van der Waals surface area contributed by atoms with Crippen molar-refractivity contribution in [1.29, 1.82) is 0 Å². The van der Waals surface area contributed by atoms with Gasteiger partial charge in [-0.3, -0.25) is 0 Å². The van der Waals surface area contributed by atoms with Crippen molar-refractivity contribution in [3.63, 3.8) is 0 Å². The number of allylic oxidation sites excluding steroid dienone is 3. The van der Waals surface area contributed by atoms with Crippen LogP contribution in [-0.2, 0) is 19.0 Å². The Balaban J connectivity index is 2.65.